The van der Waals surface area contributed by atoms with Gasteiger partial charge in [0, 0.05) is 0 Å². The molecule has 0 aliphatic rings. The summed E-state index contributed by atoms with van der Waals surface area (Å²) in [4.78, 5) is 11.9. The van der Waals surface area contributed by atoms with Gasteiger partial charge in [-0.2, -0.15) is 0 Å². The molecular formula is C17H27NO3. The SMILES string of the molecule is CCCCCCNC(C(=O)OC)c1ccc(OCC)cc1. The number of rotatable bonds is 10. The first-order valence-electron chi connectivity index (χ1n) is 7.76. The molecule has 0 amide bonds. The Kier molecular flexibility index (Phi) is 8.51. The van der Waals surface area contributed by atoms with Crippen molar-refractivity contribution >= 4 is 5.97 Å². The van der Waals surface area contributed by atoms with Crippen molar-refractivity contribution in [2.45, 2.75) is 45.6 Å². The lowest BCUT2D eigenvalue weighted by atomic mass is 10.1. The first-order valence-corrected chi connectivity index (χ1v) is 7.76. The zero-order valence-corrected chi connectivity index (χ0v) is 13.4. The molecule has 21 heavy (non-hydrogen) atoms. The number of nitrogens with one attached hydrogen (secondary N) is 1. The summed E-state index contributed by atoms with van der Waals surface area (Å²) in [5, 5.41) is 3.28. The zero-order chi connectivity index (χ0) is 15.5. The number of ether oxygens (including phenoxy) is 2. The summed E-state index contributed by atoms with van der Waals surface area (Å²) in [6, 6.07) is 7.17. The van der Waals surface area contributed by atoms with Gasteiger partial charge in [-0.25, -0.2) is 4.79 Å². The van der Waals surface area contributed by atoms with Crippen LogP contribution in [0.2, 0.25) is 0 Å². The van der Waals surface area contributed by atoms with Crippen LogP contribution >= 0.6 is 0 Å². The fourth-order valence-electron chi connectivity index (χ4n) is 2.18. The van der Waals surface area contributed by atoms with Crippen LogP contribution in [0.15, 0.2) is 24.3 Å². The summed E-state index contributed by atoms with van der Waals surface area (Å²) in [5.74, 6) is 0.558. The number of esters is 1. The molecule has 4 heteroatoms. The summed E-state index contributed by atoms with van der Waals surface area (Å²) in [6.07, 6.45) is 4.69. The van der Waals surface area contributed by atoms with Gasteiger partial charge in [-0.1, -0.05) is 38.3 Å². The van der Waals surface area contributed by atoms with Crippen molar-refractivity contribution in [2.75, 3.05) is 20.3 Å². The minimum absolute atomic E-state index is 0.255. The number of methoxy groups -OCH3 is 1. The second kappa shape index (κ2) is 10.2. The fourth-order valence-corrected chi connectivity index (χ4v) is 2.18. The van der Waals surface area contributed by atoms with Crippen molar-refractivity contribution in [3.8, 4) is 5.75 Å². The molecule has 1 atom stereocenters. The number of hydrogen-bond acceptors (Lipinski definition) is 4. The highest BCUT2D eigenvalue weighted by atomic mass is 16.5. The number of unbranched alkanes of at least 4 members (excludes halogenated alkanes) is 3. The topological polar surface area (TPSA) is 47.6 Å². The van der Waals surface area contributed by atoms with Crippen molar-refractivity contribution in [3.63, 3.8) is 0 Å². The van der Waals surface area contributed by atoms with Crippen molar-refractivity contribution in [1.29, 1.82) is 0 Å². The number of carbonyl (C=O) groups is 1. The molecule has 0 fully saturated rings. The third-order valence-electron chi connectivity index (χ3n) is 3.34. The van der Waals surface area contributed by atoms with Crippen molar-refractivity contribution in [2.24, 2.45) is 0 Å². The molecule has 1 aromatic carbocycles. The fraction of sp³-hybridized carbons (Fsp3) is 0.588. The van der Waals surface area contributed by atoms with Gasteiger partial charge in [0.2, 0.25) is 0 Å². The minimum Gasteiger partial charge on any atom is -0.494 e. The second-order valence-electron chi connectivity index (χ2n) is 4.97. The van der Waals surface area contributed by atoms with Gasteiger partial charge in [0.05, 0.1) is 13.7 Å². The maximum absolute atomic E-state index is 11.9. The summed E-state index contributed by atoms with van der Waals surface area (Å²) < 4.78 is 10.3. The highest BCUT2D eigenvalue weighted by Crippen LogP contribution is 2.19. The molecule has 0 aromatic heterocycles. The summed E-state index contributed by atoms with van der Waals surface area (Å²) in [5.41, 5.74) is 0.904. The molecule has 0 aliphatic carbocycles. The molecule has 0 heterocycles. The van der Waals surface area contributed by atoms with Crippen molar-refractivity contribution < 1.29 is 14.3 Å². The molecule has 0 aliphatic heterocycles. The molecule has 0 bridgehead atoms. The molecule has 0 radical (unpaired) electrons. The van der Waals surface area contributed by atoms with Crippen LogP contribution in [0.4, 0.5) is 0 Å². The monoisotopic (exact) mass is 293 g/mol. The minimum atomic E-state index is -0.410. The molecule has 0 spiro atoms. The first-order chi connectivity index (χ1) is 10.2. The van der Waals surface area contributed by atoms with Crippen LogP contribution in [0.1, 0.15) is 51.1 Å². The van der Waals surface area contributed by atoms with Gasteiger partial charge in [-0.05, 0) is 37.6 Å². The van der Waals surface area contributed by atoms with E-state index in [-0.39, 0.29) is 5.97 Å². The van der Waals surface area contributed by atoms with Crippen LogP contribution in [-0.2, 0) is 9.53 Å². The van der Waals surface area contributed by atoms with E-state index in [4.69, 9.17) is 9.47 Å². The standard InChI is InChI=1S/C17H27NO3/c1-4-6-7-8-13-18-16(17(19)20-3)14-9-11-15(12-10-14)21-5-2/h9-12,16,18H,4-8,13H2,1-3H3. The Morgan fingerprint density at radius 2 is 1.86 bits per heavy atom. The van der Waals surface area contributed by atoms with E-state index in [0.717, 1.165) is 24.3 Å². The third kappa shape index (κ3) is 6.17. The first kappa shape index (κ1) is 17.5. The number of carbonyl (C=O) groups excluding carboxylic acids is 1. The normalized spacial score (nSPS) is 12.0. The van der Waals surface area contributed by atoms with E-state index in [1.54, 1.807) is 0 Å². The molecule has 1 aromatic rings. The molecule has 4 nitrogen and oxygen atoms in total. The lowest BCUT2D eigenvalue weighted by molar-refractivity contribution is -0.143. The van der Waals surface area contributed by atoms with Gasteiger partial charge in [-0.3, -0.25) is 0 Å². The van der Waals surface area contributed by atoms with Gasteiger partial charge < -0.3 is 14.8 Å². The molecule has 118 valence electrons. The van der Waals surface area contributed by atoms with Crippen LogP contribution in [0, 0.1) is 0 Å². The van der Waals surface area contributed by atoms with Crippen LogP contribution in [0.3, 0.4) is 0 Å². The Bertz CT molecular complexity index is 403. The summed E-state index contributed by atoms with van der Waals surface area (Å²) >= 11 is 0. The Labute approximate surface area is 127 Å². The average Bonchev–Trinajstić information content (AvgIpc) is 2.51. The third-order valence-corrected chi connectivity index (χ3v) is 3.34. The lowest BCUT2D eigenvalue weighted by Crippen LogP contribution is -2.30. The number of hydrogen-bond donors (Lipinski definition) is 1. The van der Waals surface area contributed by atoms with E-state index in [0.29, 0.717) is 6.61 Å². The van der Waals surface area contributed by atoms with E-state index in [1.807, 2.05) is 31.2 Å². The van der Waals surface area contributed by atoms with Gasteiger partial charge in [0.25, 0.3) is 0 Å². The highest BCUT2D eigenvalue weighted by Gasteiger charge is 2.20. The Morgan fingerprint density at radius 1 is 1.14 bits per heavy atom. The van der Waals surface area contributed by atoms with Gasteiger partial charge in [0.1, 0.15) is 11.8 Å². The van der Waals surface area contributed by atoms with E-state index >= 15 is 0 Å². The van der Waals surface area contributed by atoms with Crippen molar-refractivity contribution in [1.82, 2.24) is 5.32 Å². The van der Waals surface area contributed by atoms with E-state index in [2.05, 4.69) is 12.2 Å². The zero-order valence-electron chi connectivity index (χ0n) is 13.4. The molecule has 1 unspecified atom stereocenters. The molecule has 0 saturated carbocycles. The van der Waals surface area contributed by atoms with E-state index < -0.39 is 6.04 Å². The average molecular weight is 293 g/mol. The number of benzene rings is 1. The smallest absolute Gasteiger partial charge is 0.327 e. The largest absolute Gasteiger partial charge is 0.494 e. The molecular weight excluding hydrogens is 266 g/mol. The predicted molar refractivity (Wildman–Crippen MR) is 84.5 cm³/mol. The van der Waals surface area contributed by atoms with Crippen LogP contribution in [0.25, 0.3) is 0 Å². The second-order valence-corrected chi connectivity index (χ2v) is 4.97. The molecule has 0 saturated heterocycles. The highest BCUT2D eigenvalue weighted by molar-refractivity contribution is 5.77. The van der Waals surface area contributed by atoms with Gasteiger partial charge in [0.15, 0.2) is 0 Å². The van der Waals surface area contributed by atoms with Crippen LogP contribution in [0.5, 0.6) is 5.75 Å². The van der Waals surface area contributed by atoms with E-state index in [1.165, 1.54) is 26.4 Å². The molecule has 1 N–H and O–H groups in total. The van der Waals surface area contributed by atoms with Gasteiger partial charge in [-0.15, -0.1) is 0 Å². The van der Waals surface area contributed by atoms with Crippen molar-refractivity contribution in [3.05, 3.63) is 29.8 Å². The summed E-state index contributed by atoms with van der Waals surface area (Å²) in [6.45, 7) is 5.58. The quantitative estimate of drug-likeness (QED) is 0.530. The summed E-state index contributed by atoms with van der Waals surface area (Å²) in [7, 11) is 1.42. The van der Waals surface area contributed by atoms with Gasteiger partial charge >= 0.3 is 5.97 Å². The Hall–Kier alpha value is -1.55. The predicted octanol–water partition coefficient (Wildman–Crippen LogP) is 3.47. The lowest BCUT2D eigenvalue weighted by Gasteiger charge is -2.17. The van der Waals surface area contributed by atoms with Crippen LogP contribution < -0.4 is 10.1 Å². The molecule has 1 rings (SSSR count). The maximum Gasteiger partial charge on any atom is 0.327 e. The maximum atomic E-state index is 11.9. The Balaban J connectivity index is 2.61. The Morgan fingerprint density at radius 3 is 2.43 bits per heavy atom. The van der Waals surface area contributed by atoms with Crippen LogP contribution in [-0.4, -0.2) is 26.2 Å². The van der Waals surface area contributed by atoms with E-state index in [9.17, 15) is 4.79 Å².